The largest absolute Gasteiger partial charge is 0.383 e. The summed E-state index contributed by atoms with van der Waals surface area (Å²) in [5.41, 5.74) is 0. The van der Waals surface area contributed by atoms with Crippen LogP contribution < -0.4 is 5.32 Å². The summed E-state index contributed by atoms with van der Waals surface area (Å²) < 4.78 is 0. The number of hydrogen-bond acceptors (Lipinski definition) is 2. The molecule has 2 N–H and O–H groups in total. The third-order valence-electron chi connectivity index (χ3n) is 1.69. The van der Waals surface area contributed by atoms with Gasteiger partial charge in [-0.2, -0.15) is 0 Å². The molecular weight excluding hydrogens is 154 g/mol. The van der Waals surface area contributed by atoms with E-state index < -0.39 is 6.10 Å². The minimum absolute atomic E-state index is 0.231. The number of amides is 1. The minimum atomic E-state index is -0.813. The molecule has 1 atom stereocenters. The average molecular weight is 173 g/mol. The second-order valence-corrected chi connectivity index (χ2v) is 2.95. The third kappa shape index (κ3) is 5.13. The second kappa shape index (κ2) is 7.10. The van der Waals surface area contributed by atoms with Crippen LogP contribution in [0.4, 0.5) is 0 Å². The topological polar surface area (TPSA) is 49.3 Å². The molecule has 0 saturated carbocycles. The molecule has 0 fully saturated rings. The summed E-state index contributed by atoms with van der Waals surface area (Å²) in [7, 11) is 0. The zero-order valence-corrected chi connectivity index (χ0v) is 7.97. The number of rotatable bonds is 6. The summed E-state index contributed by atoms with van der Waals surface area (Å²) in [6.45, 7) is 4.69. The molecule has 0 saturated heterocycles. The summed E-state index contributed by atoms with van der Waals surface area (Å²) >= 11 is 0. The number of hydrogen-bond donors (Lipinski definition) is 2. The Bertz CT molecular complexity index is 126. The Labute approximate surface area is 74.2 Å². The maximum atomic E-state index is 11.0. The van der Waals surface area contributed by atoms with Gasteiger partial charge in [-0.1, -0.05) is 26.7 Å². The summed E-state index contributed by atoms with van der Waals surface area (Å²) in [6, 6.07) is 0. The predicted octanol–water partition coefficient (Wildman–Crippen LogP) is 1.06. The van der Waals surface area contributed by atoms with Gasteiger partial charge < -0.3 is 10.4 Å². The molecule has 0 aromatic heterocycles. The van der Waals surface area contributed by atoms with Gasteiger partial charge in [0.15, 0.2) is 0 Å². The standard InChI is InChI=1S/C9H19NO2/c1-3-5-7-10-9(12)8(11)6-4-2/h8,11H,3-7H2,1-2H3,(H,10,12). The number of nitrogens with one attached hydrogen (secondary N) is 1. The Morgan fingerprint density at radius 1 is 1.42 bits per heavy atom. The Hall–Kier alpha value is -0.570. The molecule has 0 heterocycles. The van der Waals surface area contributed by atoms with E-state index in [9.17, 15) is 9.90 Å². The van der Waals surface area contributed by atoms with Gasteiger partial charge >= 0.3 is 0 Å². The van der Waals surface area contributed by atoms with Crippen LogP contribution in [-0.4, -0.2) is 23.7 Å². The molecule has 1 unspecified atom stereocenters. The van der Waals surface area contributed by atoms with Gasteiger partial charge in [-0.05, 0) is 12.8 Å². The monoisotopic (exact) mass is 173 g/mol. The van der Waals surface area contributed by atoms with Crippen LogP contribution in [0.3, 0.4) is 0 Å². The Morgan fingerprint density at radius 2 is 2.08 bits per heavy atom. The molecule has 3 nitrogen and oxygen atoms in total. The highest BCUT2D eigenvalue weighted by Gasteiger charge is 2.11. The summed E-state index contributed by atoms with van der Waals surface area (Å²) in [4.78, 5) is 11.0. The zero-order chi connectivity index (χ0) is 9.40. The van der Waals surface area contributed by atoms with E-state index >= 15 is 0 Å². The van der Waals surface area contributed by atoms with Crippen molar-refractivity contribution < 1.29 is 9.90 Å². The molecule has 0 rings (SSSR count). The normalized spacial score (nSPS) is 12.6. The van der Waals surface area contributed by atoms with Gasteiger partial charge in [-0.3, -0.25) is 4.79 Å². The van der Waals surface area contributed by atoms with Gasteiger partial charge in [0.05, 0.1) is 0 Å². The van der Waals surface area contributed by atoms with Crippen LogP contribution >= 0.6 is 0 Å². The van der Waals surface area contributed by atoms with E-state index in [-0.39, 0.29) is 5.91 Å². The Kier molecular flexibility index (Phi) is 6.76. The van der Waals surface area contributed by atoms with Gasteiger partial charge in [0.1, 0.15) is 6.10 Å². The second-order valence-electron chi connectivity index (χ2n) is 2.95. The van der Waals surface area contributed by atoms with Crippen LogP contribution in [0.1, 0.15) is 39.5 Å². The molecule has 0 aliphatic carbocycles. The first-order valence-corrected chi connectivity index (χ1v) is 4.68. The quantitative estimate of drug-likeness (QED) is 0.590. The SMILES string of the molecule is CCCCNC(=O)C(O)CCC. The van der Waals surface area contributed by atoms with E-state index in [1.54, 1.807) is 0 Å². The van der Waals surface area contributed by atoms with Crippen LogP contribution in [-0.2, 0) is 4.79 Å². The fraction of sp³-hybridized carbons (Fsp3) is 0.889. The van der Waals surface area contributed by atoms with Gasteiger partial charge in [0.25, 0.3) is 0 Å². The maximum absolute atomic E-state index is 11.0. The number of aliphatic hydroxyl groups excluding tert-OH is 1. The van der Waals surface area contributed by atoms with Gasteiger partial charge in [0, 0.05) is 6.54 Å². The molecule has 0 aliphatic heterocycles. The number of aliphatic hydroxyl groups is 1. The van der Waals surface area contributed by atoms with Crippen molar-refractivity contribution in [2.24, 2.45) is 0 Å². The average Bonchev–Trinajstić information content (AvgIpc) is 2.05. The highest BCUT2D eigenvalue weighted by atomic mass is 16.3. The molecular formula is C9H19NO2. The number of unbranched alkanes of at least 4 members (excludes halogenated alkanes) is 1. The third-order valence-corrected chi connectivity index (χ3v) is 1.69. The molecule has 0 aliphatic rings. The van der Waals surface area contributed by atoms with Crippen LogP contribution in [0.15, 0.2) is 0 Å². The predicted molar refractivity (Wildman–Crippen MR) is 48.8 cm³/mol. The summed E-state index contributed by atoms with van der Waals surface area (Å²) in [6.07, 6.45) is 2.61. The van der Waals surface area contributed by atoms with Crippen molar-refractivity contribution in [1.82, 2.24) is 5.32 Å². The van der Waals surface area contributed by atoms with Crippen molar-refractivity contribution in [3.05, 3.63) is 0 Å². The molecule has 3 heteroatoms. The van der Waals surface area contributed by atoms with E-state index in [4.69, 9.17) is 0 Å². The molecule has 0 spiro atoms. The Balaban J connectivity index is 3.43. The summed E-state index contributed by atoms with van der Waals surface area (Å²) in [5.74, 6) is -0.231. The van der Waals surface area contributed by atoms with Crippen LogP contribution in [0, 0.1) is 0 Å². The van der Waals surface area contributed by atoms with Crippen LogP contribution in [0.25, 0.3) is 0 Å². The smallest absolute Gasteiger partial charge is 0.248 e. The van der Waals surface area contributed by atoms with Crippen molar-refractivity contribution in [1.29, 1.82) is 0 Å². The van der Waals surface area contributed by atoms with Gasteiger partial charge in [0.2, 0.25) is 5.91 Å². The van der Waals surface area contributed by atoms with E-state index in [1.165, 1.54) is 0 Å². The number of carbonyl (C=O) groups excluding carboxylic acids is 1. The highest BCUT2D eigenvalue weighted by Crippen LogP contribution is 1.95. The maximum Gasteiger partial charge on any atom is 0.248 e. The van der Waals surface area contributed by atoms with Crippen molar-refractivity contribution >= 4 is 5.91 Å². The van der Waals surface area contributed by atoms with E-state index in [0.717, 1.165) is 19.3 Å². The lowest BCUT2D eigenvalue weighted by Gasteiger charge is -2.09. The molecule has 0 radical (unpaired) electrons. The lowest BCUT2D eigenvalue weighted by Crippen LogP contribution is -2.34. The molecule has 72 valence electrons. The zero-order valence-electron chi connectivity index (χ0n) is 7.97. The first-order valence-electron chi connectivity index (χ1n) is 4.68. The van der Waals surface area contributed by atoms with Crippen molar-refractivity contribution in [3.63, 3.8) is 0 Å². The molecule has 0 bridgehead atoms. The molecule has 0 aromatic carbocycles. The van der Waals surface area contributed by atoms with Crippen molar-refractivity contribution in [2.45, 2.75) is 45.6 Å². The van der Waals surface area contributed by atoms with Crippen LogP contribution in [0.5, 0.6) is 0 Å². The first kappa shape index (κ1) is 11.4. The fourth-order valence-corrected chi connectivity index (χ4v) is 0.911. The van der Waals surface area contributed by atoms with Crippen molar-refractivity contribution in [2.75, 3.05) is 6.54 Å². The minimum Gasteiger partial charge on any atom is -0.383 e. The number of carbonyl (C=O) groups is 1. The summed E-state index contributed by atoms with van der Waals surface area (Å²) in [5, 5.41) is 11.9. The fourth-order valence-electron chi connectivity index (χ4n) is 0.911. The van der Waals surface area contributed by atoms with Gasteiger partial charge in [-0.25, -0.2) is 0 Å². The van der Waals surface area contributed by atoms with Crippen molar-refractivity contribution in [3.8, 4) is 0 Å². The van der Waals surface area contributed by atoms with E-state index in [2.05, 4.69) is 12.2 Å². The first-order chi connectivity index (χ1) is 5.72. The molecule has 12 heavy (non-hydrogen) atoms. The lowest BCUT2D eigenvalue weighted by molar-refractivity contribution is -0.129. The molecule has 0 aromatic rings. The lowest BCUT2D eigenvalue weighted by atomic mass is 10.2. The molecule has 1 amide bonds. The van der Waals surface area contributed by atoms with Gasteiger partial charge in [-0.15, -0.1) is 0 Å². The van der Waals surface area contributed by atoms with Crippen LogP contribution in [0.2, 0.25) is 0 Å². The van der Waals surface area contributed by atoms with E-state index in [0.29, 0.717) is 13.0 Å². The van der Waals surface area contributed by atoms with E-state index in [1.807, 2.05) is 6.92 Å². The highest BCUT2D eigenvalue weighted by molar-refractivity contribution is 5.80. The Morgan fingerprint density at radius 3 is 2.58 bits per heavy atom.